The molecule has 0 saturated carbocycles. The van der Waals surface area contributed by atoms with Gasteiger partial charge < -0.3 is 9.15 Å². The summed E-state index contributed by atoms with van der Waals surface area (Å²) < 4.78 is 36.5. The Morgan fingerprint density at radius 3 is 2.57 bits per heavy atom. The number of hydrogen-bond acceptors (Lipinski definition) is 6. The lowest BCUT2D eigenvalue weighted by Crippen LogP contribution is -2.45. The molecule has 9 heteroatoms. The van der Waals surface area contributed by atoms with Gasteiger partial charge in [0.05, 0.1) is 19.1 Å². The number of carbonyl (C=O) groups is 1. The van der Waals surface area contributed by atoms with E-state index < -0.39 is 15.6 Å². The summed E-state index contributed by atoms with van der Waals surface area (Å²) in [5.74, 6) is 0.671. The first-order valence-corrected chi connectivity index (χ1v) is 13.7. The van der Waals surface area contributed by atoms with Crippen LogP contribution in [0.15, 0.2) is 64.2 Å². The second-order valence-corrected chi connectivity index (χ2v) is 11.7. The highest BCUT2D eigenvalue weighted by atomic mass is 32.2. The van der Waals surface area contributed by atoms with Crippen molar-refractivity contribution in [3.63, 3.8) is 0 Å². The van der Waals surface area contributed by atoms with Crippen LogP contribution in [0.4, 0.5) is 0 Å². The van der Waals surface area contributed by atoms with Gasteiger partial charge in [-0.1, -0.05) is 30.3 Å². The number of nitrogens with zero attached hydrogens (tertiary/aromatic N) is 3. The third-order valence-corrected chi connectivity index (χ3v) is 8.58. The first-order valence-electron chi connectivity index (χ1n) is 11.9. The Hall–Kier alpha value is -3.01. The fourth-order valence-electron chi connectivity index (χ4n) is 5.32. The fourth-order valence-corrected chi connectivity index (χ4v) is 6.24. The molecule has 0 bridgehead atoms. The number of aliphatic imine (C=N–C) groups is 1. The molecule has 3 aliphatic heterocycles. The van der Waals surface area contributed by atoms with Crippen molar-refractivity contribution in [1.29, 1.82) is 0 Å². The average Bonchev–Trinajstić information content (AvgIpc) is 3.64. The van der Waals surface area contributed by atoms with Gasteiger partial charge in [-0.15, -0.1) is 0 Å². The quantitative estimate of drug-likeness (QED) is 0.545. The molecule has 2 atom stereocenters. The zero-order chi connectivity index (χ0) is 24.2. The van der Waals surface area contributed by atoms with E-state index in [2.05, 4.69) is 6.07 Å². The maximum Gasteiger partial charge on any atom is 0.258 e. The lowest BCUT2D eigenvalue weighted by atomic mass is 9.98. The molecule has 2 saturated heterocycles. The van der Waals surface area contributed by atoms with Crippen LogP contribution in [0.1, 0.15) is 18.4 Å². The van der Waals surface area contributed by atoms with Gasteiger partial charge in [-0.05, 0) is 41.7 Å². The van der Waals surface area contributed by atoms with Crippen LogP contribution in [0.5, 0.6) is 0 Å². The Balaban J connectivity index is 1.29. The van der Waals surface area contributed by atoms with E-state index in [9.17, 15) is 13.2 Å². The van der Waals surface area contributed by atoms with Crippen LogP contribution in [0.2, 0.25) is 0 Å². The number of amidine groups is 1. The molecule has 2 fully saturated rings. The van der Waals surface area contributed by atoms with Gasteiger partial charge in [0, 0.05) is 43.6 Å². The number of ether oxygens (including phenoxy) is 1. The molecule has 8 nitrogen and oxygen atoms in total. The third kappa shape index (κ3) is 3.97. The van der Waals surface area contributed by atoms with Gasteiger partial charge in [-0.2, -0.15) is 0 Å². The van der Waals surface area contributed by atoms with Gasteiger partial charge in [0.1, 0.15) is 11.4 Å². The highest BCUT2D eigenvalue weighted by Gasteiger charge is 2.51. The highest BCUT2D eigenvalue weighted by Crippen LogP contribution is 2.35. The Morgan fingerprint density at radius 2 is 1.86 bits per heavy atom. The molecule has 1 amide bonds. The summed E-state index contributed by atoms with van der Waals surface area (Å²) in [6.45, 7) is 2.16. The van der Waals surface area contributed by atoms with E-state index >= 15 is 0 Å². The van der Waals surface area contributed by atoms with E-state index in [4.69, 9.17) is 14.1 Å². The van der Waals surface area contributed by atoms with Crippen LogP contribution in [0.3, 0.4) is 0 Å². The van der Waals surface area contributed by atoms with Crippen LogP contribution >= 0.6 is 0 Å². The van der Waals surface area contributed by atoms with Crippen molar-refractivity contribution in [2.75, 3.05) is 39.1 Å². The average molecular weight is 494 g/mol. The normalized spacial score (nSPS) is 25.3. The van der Waals surface area contributed by atoms with Gasteiger partial charge >= 0.3 is 0 Å². The topological polar surface area (TPSA) is 92.4 Å². The van der Waals surface area contributed by atoms with Gasteiger partial charge in [0.2, 0.25) is 10.0 Å². The fraction of sp³-hybridized carbons (Fsp3) is 0.385. The summed E-state index contributed by atoms with van der Waals surface area (Å²) in [5, 5.41) is 1.05. The Morgan fingerprint density at radius 1 is 1.09 bits per heavy atom. The molecule has 3 aliphatic rings. The van der Waals surface area contributed by atoms with Gasteiger partial charge in [0.15, 0.2) is 5.54 Å². The minimum atomic E-state index is -3.24. The zero-order valence-electron chi connectivity index (χ0n) is 19.5. The predicted molar refractivity (Wildman–Crippen MR) is 133 cm³/mol. The third-order valence-electron chi connectivity index (χ3n) is 7.31. The number of hydrogen-bond donors (Lipinski definition) is 0. The lowest BCUT2D eigenvalue weighted by molar-refractivity contribution is -0.131. The van der Waals surface area contributed by atoms with Gasteiger partial charge in [-0.25, -0.2) is 17.7 Å². The van der Waals surface area contributed by atoms with Crippen molar-refractivity contribution in [2.24, 2.45) is 10.9 Å². The number of rotatable bonds is 5. The number of amides is 1. The van der Waals surface area contributed by atoms with Crippen molar-refractivity contribution in [1.82, 2.24) is 9.21 Å². The van der Waals surface area contributed by atoms with Crippen molar-refractivity contribution >= 4 is 32.7 Å². The highest BCUT2D eigenvalue weighted by molar-refractivity contribution is 7.88. The number of fused-ring (bicyclic) bond motifs is 1. The maximum absolute atomic E-state index is 13.6. The SMILES string of the molecule is CS(=O)(=O)N1CC[C@@H](CN2C(=O)C3(CCOC3)N=C2c2ccc(-c3ccc4occc4c3)cc2)C1. The summed E-state index contributed by atoms with van der Waals surface area (Å²) in [4.78, 5) is 20.2. The lowest BCUT2D eigenvalue weighted by Gasteiger charge is -2.25. The van der Waals surface area contributed by atoms with Crippen LogP contribution in [-0.2, 0) is 19.6 Å². The summed E-state index contributed by atoms with van der Waals surface area (Å²) in [6, 6.07) is 16.1. The van der Waals surface area contributed by atoms with Gasteiger partial charge in [-0.3, -0.25) is 9.69 Å². The Labute approximate surface area is 204 Å². The van der Waals surface area contributed by atoms with Crippen LogP contribution in [0.25, 0.3) is 22.1 Å². The second kappa shape index (κ2) is 8.29. The van der Waals surface area contributed by atoms with Crippen LogP contribution in [-0.4, -0.2) is 74.0 Å². The summed E-state index contributed by atoms with van der Waals surface area (Å²) in [7, 11) is -3.24. The minimum absolute atomic E-state index is 0.0442. The molecule has 3 aromatic rings. The summed E-state index contributed by atoms with van der Waals surface area (Å²) in [6.07, 6.45) is 4.21. The maximum atomic E-state index is 13.6. The van der Waals surface area contributed by atoms with E-state index in [1.54, 1.807) is 11.2 Å². The number of carbonyl (C=O) groups excluding carboxylic acids is 1. The Kier molecular flexibility index (Phi) is 5.32. The zero-order valence-corrected chi connectivity index (χ0v) is 20.3. The monoisotopic (exact) mass is 493 g/mol. The van der Waals surface area contributed by atoms with Crippen molar-refractivity contribution < 1.29 is 22.4 Å². The molecule has 1 aromatic heterocycles. The summed E-state index contributed by atoms with van der Waals surface area (Å²) in [5.41, 5.74) is 3.00. The molecule has 1 spiro atoms. The van der Waals surface area contributed by atoms with E-state index in [1.807, 2.05) is 42.5 Å². The molecule has 0 N–H and O–H groups in total. The molecule has 4 heterocycles. The van der Waals surface area contributed by atoms with Gasteiger partial charge in [0.25, 0.3) is 5.91 Å². The van der Waals surface area contributed by atoms with Crippen molar-refractivity contribution in [3.8, 4) is 11.1 Å². The number of sulfonamides is 1. The molecule has 0 radical (unpaired) electrons. The number of furan rings is 1. The van der Waals surface area contributed by atoms with E-state index in [1.165, 1.54) is 10.6 Å². The molecule has 6 rings (SSSR count). The van der Waals surface area contributed by atoms with Crippen molar-refractivity contribution in [2.45, 2.75) is 18.4 Å². The second-order valence-electron chi connectivity index (χ2n) is 9.71. The molecular formula is C26H27N3O5S. The summed E-state index contributed by atoms with van der Waals surface area (Å²) >= 11 is 0. The van der Waals surface area contributed by atoms with E-state index in [-0.39, 0.29) is 18.4 Å². The predicted octanol–water partition coefficient (Wildman–Crippen LogP) is 3.13. The first kappa shape index (κ1) is 22.5. The van der Waals surface area contributed by atoms with E-state index in [0.29, 0.717) is 38.5 Å². The van der Waals surface area contributed by atoms with Crippen LogP contribution in [0, 0.1) is 5.92 Å². The minimum Gasteiger partial charge on any atom is -0.464 e. The van der Waals surface area contributed by atoms with Crippen LogP contribution < -0.4 is 0 Å². The molecule has 0 aliphatic carbocycles. The largest absolute Gasteiger partial charge is 0.464 e. The molecular weight excluding hydrogens is 466 g/mol. The molecule has 182 valence electrons. The molecule has 2 aromatic carbocycles. The molecule has 35 heavy (non-hydrogen) atoms. The smallest absolute Gasteiger partial charge is 0.258 e. The standard InChI is InChI=1S/C26H27N3O5S/c1-35(31,32)28-11-8-18(15-28)16-29-24(27-26(25(29)30)10-13-33-17-26)20-4-2-19(3-5-20)21-6-7-23-22(14-21)9-12-34-23/h2-7,9,12,14,18H,8,10-11,13,15-17H2,1H3/t18-,26?/m1/s1. The number of benzene rings is 2. The molecule has 1 unspecified atom stereocenters. The first-order chi connectivity index (χ1) is 16.8. The Bertz CT molecular complexity index is 1420. The van der Waals surface area contributed by atoms with Crippen molar-refractivity contribution in [3.05, 3.63) is 60.4 Å². The van der Waals surface area contributed by atoms with E-state index in [0.717, 1.165) is 34.1 Å².